The number of aromatic nitrogens is 3. The van der Waals surface area contributed by atoms with Crippen LogP contribution in [-0.2, 0) is 12.3 Å². The molecule has 0 aliphatic rings. The molecular formula is C26H25ClN4O2S. The van der Waals surface area contributed by atoms with Crippen molar-refractivity contribution in [2.45, 2.75) is 31.3 Å². The fraction of sp³-hybridized carbons (Fsp3) is 0.192. The summed E-state index contributed by atoms with van der Waals surface area (Å²) in [4.78, 5) is 12.8. The predicted octanol–water partition coefficient (Wildman–Crippen LogP) is 5.77. The van der Waals surface area contributed by atoms with Crippen molar-refractivity contribution >= 4 is 29.3 Å². The molecule has 4 rings (SSSR count). The zero-order chi connectivity index (χ0) is 24.1. The van der Waals surface area contributed by atoms with Gasteiger partial charge in [-0.3, -0.25) is 9.36 Å². The van der Waals surface area contributed by atoms with Gasteiger partial charge in [0.25, 0.3) is 5.91 Å². The van der Waals surface area contributed by atoms with Crippen LogP contribution < -0.4 is 10.1 Å². The molecule has 0 aliphatic heterocycles. The maximum atomic E-state index is 12.8. The Bertz CT molecular complexity index is 1320. The first-order valence-electron chi connectivity index (χ1n) is 10.8. The number of amides is 1. The third-order valence-corrected chi connectivity index (χ3v) is 6.54. The predicted molar refractivity (Wildman–Crippen MR) is 136 cm³/mol. The van der Waals surface area contributed by atoms with E-state index in [1.54, 1.807) is 43.1 Å². The second-order valence-corrected chi connectivity index (χ2v) is 9.24. The first kappa shape index (κ1) is 23.9. The van der Waals surface area contributed by atoms with Crippen molar-refractivity contribution < 1.29 is 9.53 Å². The summed E-state index contributed by atoms with van der Waals surface area (Å²) in [5.41, 5.74) is 4.84. The first-order chi connectivity index (χ1) is 16.4. The lowest BCUT2D eigenvalue weighted by Gasteiger charge is -2.14. The minimum absolute atomic E-state index is 0.208. The molecular weight excluding hydrogens is 468 g/mol. The van der Waals surface area contributed by atoms with Crippen molar-refractivity contribution in [1.82, 2.24) is 20.1 Å². The van der Waals surface area contributed by atoms with E-state index >= 15 is 0 Å². The summed E-state index contributed by atoms with van der Waals surface area (Å²) in [5, 5.41) is 13.1. The fourth-order valence-corrected chi connectivity index (χ4v) is 4.62. The van der Waals surface area contributed by atoms with Crippen LogP contribution in [-0.4, -0.2) is 27.8 Å². The van der Waals surface area contributed by atoms with Crippen LogP contribution in [0.5, 0.6) is 5.75 Å². The molecule has 1 N–H and O–H groups in total. The molecule has 0 aliphatic carbocycles. The molecule has 0 bridgehead atoms. The quantitative estimate of drug-likeness (QED) is 0.316. The first-order valence-corrected chi connectivity index (χ1v) is 12.1. The number of carbonyl (C=O) groups is 1. The van der Waals surface area contributed by atoms with E-state index in [1.165, 1.54) is 11.1 Å². The van der Waals surface area contributed by atoms with Crippen LogP contribution >= 0.6 is 23.4 Å². The largest absolute Gasteiger partial charge is 0.497 e. The Labute approximate surface area is 208 Å². The lowest BCUT2D eigenvalue weighted by atomic mass is 10.2. The Hall–Kier alpha value is -3.29. The third-order valence-electron chi connectivity index (χ3n) is 5.30. The molecule has 0 radical (unpaired) electrons. The van der Waals surface area contributed by atoms with Crippen molar-refractivity contribution in [1.29, 1.82) is 0 Å². The normalized spacial score (nSPS) is 10.8. The maximum Gasteiger partial charge on any atom is 0.251 e. The number of aryl methyl sites for hydroxylation is 2. The Balaban J connectivity index is 1.61. The Morgan fingerprint density at radius 3 is 2.68 bits per heavy atom. The molecule has 6 nitrogen and oxygen atoms in total. The van der Waals surface area contributed by atoms with Crippen molar-refractivity contribution in [3.8, 4) is 11.4 Å². The molecule has 174 valence electrons. The highest BCUT2D eigenvalue weighted by molar-refractivity contribution is 7.98. The SMILES string of the molecule is COc1cccc(C(=O)NCc2nnc(SCc3cccc(C)c3)n2-c2cc(Cl)ccc2C)c1. The number of hydrogen-bond acceptors (Lipinski definition) is 5. The van der Waals surface area contributed by atoms with Gasteiger partial charge in [0.05, 0.1) is 19.3 Å². The summed E-state index contributed by atoms with van der Waals surface area (Å²) in [6.07, 6.45) is 0. The van der Waals surface area contributed by atoms with Crippen LogP contribution in [0.1, 0.15) is 32.9 Å². The van der Waals surface area contributed by atoms with Gasteiger partial charge < -0.3 is 10.1 Å². The molecule has 0 fully saturated rings. The molecule has 8 heteroatoms. The monoisotopic (exact) mass is 492 g/mol. The van der Waals surface area contributed by atoms with Crippen molar-refractivity contribution in [3.63, 3.8) is 0 Å². The highest BCUT2D eigenvalue weighted by Gasteiger charge is 2.18. The fourth-order valence-electron chi connectivity index (χ4n) is 3.55. The number of methoxy groups -OCH3 is 1. The van der Waals surface area contributed by atoms with Gasteiger partial charge in [0.2, 0.25) is 0 Å². The Morgan fingerprint density at radius 1 is 1.06 bits per heavy atom. The van der Waals surface area contributed by atoms with Gasteiger partial charge in [0.1, 0.15) is 5.75 Å². The molecule has 0 atom stereocenters. The van der Waals surface area contributed by atoms with E-state index in [-0.39, 0.29) is 12.5 Å². The molecule has 3 aromatic carbocycles. The van der Waals surface area contributed by atoms with Crippen molar-refractivity contribution in [3.05, 3.63) is 99.8 Å². The highest BCUT2D eigenvalue weighted by Crippen LogP contribution is 2.28. The molecule has 0 unspecified atom stereocenters. The minimum Gasteiger partial charge on any atom is -0.497 e. The van der Waals surface area contributed by atoms with Crippen molar-refractivity contribution in [2.24, 2.45) is 0 Å². The van der Waals surface area contributed by atoms with Crippen molar-refractivity contribution in [2.75, 3.05) is 7.11 Å². The zero-order valence-electron chi connectivity index (χ0n) is 19.2. The smallest absolute Gasteiger partial charge is 0.251 e. The zero-order valence-corrected chi connectivity index (χ0v) is 20.8. The summed E-state index contributed by atoms with van der Waals surface area (Å²) >= 11 is 7.91. The van der Waals surface area contributed by atoms with Gasteiger partial charge in [-0.15, -0.1) is 10.2 Å². The lowest BCUT2D eigenvalue weighted by molar-refractivity contribution is 0.0949. The van der Waals surface area contributed by atoms with Gasteiger partial charge in [0.15, 0.2) is 11.0 Å². The number of thioether (sulfide) groups is 1. The minimum atomic E-state index is -0.217. The van der Waals surface area contributed by atoms with Crippen LogP contribution in [0.2, 0.25) is 5.02 Å². The number of hydrogen-bond donors (Lipinski definition) is 1. The summed E-state index contributed by atoms with van der Waals surface area (Å²) in [6.45, 7) is 4.30. The summed E-state index contributed by atoms with van der Waals surface area (Å²) in [5.74, 6) is 1.77. The third kappa shape index (κ3) is 5.61. The number of benzene rings is 3. The lowest BCUT2D eigenvalue weighted by Crippen LogP contribution is -2.24. The van der Waals surface area contributed by atoms with Crippen LogP contribution in [0.25, 0.3) is 5.69 Å². The number of nitrogens with one attached hydrogen (secondary N) is 1. The summed E-state index contributed by atoms with van der Waals surface area (Å²) in [6, 6.07) is 21.1. The standard InChI is InChI=1S/C26H25ClN4O2S/c1-17-6-4-7-19(12-17)16-34-26-30-29-24(31(26)23-14-21(27)11-10-18(23)2)15-28-25(32)20-8-5-9-22(13-20)33-3/h4-14H,15-16H2,1-3H3,(H,28,32). The molecule has 1 amide bonds. The number of ether oxygens (including phenoxy) is 1. The van der Waals surface area contributed by atoms with E-state index in [2.05, 4.69) is 46.7 Å². The van der Waals surface area contributed by atoms with Gasteiger partial charge in [-0.2, -0.15) is 0 Å². The van der Waals surface area contributed by atoms with Gasteiger partial charge in [-0.25, -0.2) is 0 Å². The average Bonchev–Trinajstić information content (AvgIpc) is 3.25. The molecule has 0 saturated heterocycles. The van der Waals surface area contributed by atoms with E-state index in [4.69, 9.17) is 16.3 Å². The van der Waals surface area contributed by atoms with Gasteiger partial charge >= 0.3 is 0 Å². The van der Waals surface area contributed by atoms with Crippen LogP contribution in [0.15, 0.2) is 71.9 Å². The van der Waals surface area contributed by atoms with Crippen LogP contribution in [0.3, 0.4) is 0 Å². The second kappa shape index (κ2) is 10.8. The molecule has 34 heavy (non-hydrogen) atoms. The Morgan fingerprint density at radius 2 is 1.88 bits per heavy atom. The number of halogens is 1. The molecule has 4 aromatic rings. The topological polar surface area (TPSA) is 69.0 Å². The highest BCUT2D eigenvalue weighted by atomic mass is 35.5. The van der Waals surface area contributed by atoms with Gasteiger partial charge in [0, 0.05) is 16.3 Å². The molecule has 0 saturated carbocycles. The summed E-state index contributed by atoms with van der Waals surface area (Å²) < 4.78 is 7.19. The van der Waals surface area contributed by atoms with E-state index in [0.717, 1.165) is 22.2 Å². The number of carbonyl (C=O) groups excluding carboxylic acids is 1. The van der Waals surface area contributed by atoms with E-state index < -0.39 is 0 Å². The van der Waals surface area contributed by atoms with Gasteiger partial charge in [-0.05, 0) is 55.3 Å². The summed E-state index contributed by atoms with van der Waals surface area (Å²) in [7, 11) is 1.57. The van der Waals surface area contributed by atoms with E-state index in [0.29, 0.717) is 22.2 Å². The average molecular weight is 493 g/mol. The van der Waals surface area contributed by atoms with Crippen LogP contribution in [0.4, 0.5) is 0 Å². The molecule has 1 heterocycles. The van der Waals surface area contributed by atoms with E-state index in [1.807, 2.05) is 29.7 Å². The second-order valence-electron chi connectivity index (χ2n) is 7.86. The van der Waals surface area contributed by atoms with E-state index in [9.17, 15) is 4.79 Å². The number of rotatable bonds is 8. The molecule has 0 spiro atoms. The van der Waals surface area contributed by atoms with Crippen LogP contribution in [0, 0.1) is 13.8 Å². The Kier molecular flexibility index (Phi) is 7.55. The maximum absolute atomic E-state index is 12.8. The number of nitrogens with zero attached hydrogens (tertiary/aromatic N) is 3. The van der Waals surface area contributed by atoms with Gasteiger partial charge in [-0.1, -0.05) is 65.3 Å². The molecule has 1 aromatic heterocycles.